The summed E-state index contributed by atoms with van der Waals surface area (Å²) in [6.45, 7) is 3.92. The Morgan fingerprint density at radius 1 is 1.25 bits per heavy atom. The number of benzene rings is 2. The maximum atomic E-state index is 10.7. The minimum absolute atomic E-state index is 0.114. The molecule has 1 atom stereocenters. The third-order valence-corrected chi connectivity index (χ3v) is 3.63. The Balaban J connectivity index is 2.19. The third-order valence-electron chi connectivity index (χ3n) is 3.14. The van der Waals surface area contributed by atoms with Crippen LogP contribution in [0.4, 0.5) is 11.4 Å². The van der Waals surface area contributed by atoms with Crippen molar-refractivity contribution in [3.05, 3.63) is 68.2 Å². The fourth-order valence-corrected chi connectivity index (χ4v) is 2.43. The minimum Gasteiger partial charge on any atom is -0.378 e. The molecular weight excluding hydrogens is 320 g/mol. The molecule has 0 aromatic heterocycles. The van der Waals surface area contributed by atoms with E-state index in [1.54, 1.807) is 12.1 Å². The molecule has 2 aromatic carbocycles. The molecular formula is C15H15BrN2O2. The average molecular weight is 335 g/mol. The van der Waals surface area contributed by atoms with Gasteiger partial charge in [0.2, 0.25) is 0 Å². The summed E-state index contributed by atoms with van der Waals surface area (Å²) >= 11 is 3.45. The number of aryl methyl sites for hydroxylation is 1. The van der Waals surface area contributed by atoms with Gasteiger partial charge in [-0.25, -0.2) is 0 Å². The summed E-state index contributed by atoms with van der Waals surface area (Å²) in [5, 5.41) is 14.1. The van der Waals surface area contributed by atoms with E-state index in [1.807, 2.05) is 25.1 Å². The number of nitrogens with zero attached hydrogens (tertiary/aromatic N) is 1. The molecule has 0 aliphatic rings. The lowest BCUT2D eigenvalue weighted by atomic mass is 10.1. The van der Waals surface area contributed by atoms with Gasteiger partial charge in [-0.1, -0.05) is 28.1 Å². The SMILES string of the molecule is Cc1cc([N+](=O)[O-])ccc1NC(C)c1cccc(Br)c1. The van der Waals surface area contributed by atoms with Crippen LogP contribution in [0, 0.1) is 17.0 Å². The first-order valence-corrected chi connectivity index (χ1v) is 7.03. The number of hydrogen-bond acceptors (Lipinski definition) is 3. The van der Waals surface area contributed by atoms with Crippen LogP contribution < -0.4 is 5.32 Å². The predicted octanol–water partition coefficient (Wildman–Crippen LogP) is 4.84. The van der Waals surface area contributed by atoms with Crippen molar-refractivity contribution in [1.82, 2.24) is 0 Å². The molecule has 0 saturated heterocycles. The molecule has 0 spiro atoms. The highest BCUT2D eigenvalue weighted by molar-refractivity contribution is 9.10. The van der Waals surface area contributed by atoms with E-state index in [1.165, 1.54) is 6.07 Å². The topological polar surface area (TPSA) is 55.2 Å². The van der Waals surface area contributed by atoms with Gasteiger partial charge in [0.05, 0.1) is 4.92 Å². The summed E-state index contributed by atoms with van der Waals surface area (Å²) < 4.78 is 1.03. The number of nitro benzene ring substituents is 1. The van der Waals surface area contributed by atoms with E-state index in [2.05, 4.69) is 34.2 Å². The average Bonchev–Trinajstić information content (AvgIpc) is 2.40. The monoisotopic (exact) mass is 334 g/mol. The second-order valence-electron chi connectivity index (χ2n) is 4.68. The molecule has 2 aromatic rings. The first kappa shape index (κ1) is 14.5. The van der Waals surface area contributed by atoms with E-state index < -0.39 is 0 Å². The first-order valence-electron chi connectivity index (χ1n) is 6.24. The number of halogens is 1. The lowest BCUT2D eigenvalue weighted by molar-refractivity contribution is -0.384. The first-order chi connectivity index (χ1) is 9.47. The number of anilines is 1. The van der Waals surface area contributed by atoms with Gasteiger partial charge in [-0.2, -0.15) is 0 Å². The molecule has 0 radical (unpaired) electrons. The zero-order valence-corrected chi connectivity index (χ0v) is 12.8. The van der Waals surface area contributed by atoms with E-state index >= 15 is 0 Å². The van der Waals surface area contributed by atoms with Crippen LogP contribution in [-0.4, -0.2) is 4.92 Å². The highest BCUT2D eigenvalue weighted by Crippen LogP contribution is 2.26. The van der Waals surface area contributed by atoms with Gasteiger partial charge in [-0.15, -0.1) is 0 Å². The molecule has 0 heterocycles. The number of non-ortho nitro benzene ring substituents is 1. The lowest BCUT2D eigenvalue weighted by Crippen LogP contribution is -2.07. The quantitative estimate of drug-likeness (QED) is 0.642. The molecule has 2 rings (SSSR count). The standard InChI is InChI=1S/C15H15BrN2O2/c1-10-8-14(18(19)20)6-7-15(10)17-11(2)12-4-3-5-13(16)9-12/h3-9,11,17H,1-2H3. The smallest absolute Gasteiger partial charge is 0.269 e. The molecule has 0 amide bonds. The molecule has 0 bridgehead atoms. The van der Waals surface area contributed by atoms with Gasteiger partial charge >= 0.3 is 0 Å². The fraction of sp³-hybridized carbons (Fsp3) is 0.200. The summed E-state index contributed by atoms with van der Waals surface area (Å²) in [7, 11) is 0. The van der Waals surface area contributed by atoms with Gasteiger partial charge in [-0.3, -0.25) is 10.1 Å². The van der Waals surface area contributed by atoms with Crippen LogP contribution in [0.2, 0.25) is 0 Å². The zero-order valence-electron chi connectivity index (χ0n) is 11.3. The molecule has 0 aliphatic heterocycles. The molecule has 4 nitrogen and oxygen atoms in total. The Kier molecular flexibility index (Phi) is 4.39. The zero-order chi connectivity index (χ0) is 14.7. The van der Waals surface area contributed by atoms with Crippen molar-refractivity contribution in [3.8, 4) is 0 Å². The van der Waals surface area contributed by atoms with Gasteiger partial charge in [0.25, 0.3) is 5.69 Å². The summed E-state index contributed by atoms with van der Waals surface area (Å²) in [5.74, 6) is 0. The Hall–Kier alpha value is -1.88. The highest BCUT2D eigenvalue weighted by Gasteiger charge is 2.11. The number of rotatable bonds is 4. The van der Waals surface area contributed by atoms with Crippen LogP contribution in [-0.2, 0) is 0 Å². The van der Waals surface area contributed by atoms with Crippen molar-refractivity contribution in [2.75, 3.05) is 5.32 Å². The molecule has 1 unspecified atom stereocenters. The maximum Gasteiger partial charge on any atom is 0.269 e. The number of nitrogens with one attached hydrogen (secondary N) is 1. The Morgan fingerprint density at radius 2 is 2.00 bits per heavy atom. The summed E-state index contributed by atoms with van der Waals surface area (Å²) in [6.07, 6.45) is 0. The van der Waals surface area contributed by atoms with E-state index in [0.717, 1.165) is 21.3 Å². The molecule has 20 heavy (non-hydrogen) atoms. The largest absolute Gasteiger partial charge is 0.378 e. The fourth-order valence-electron chi connectivity index (χ4n) is 2.02. The Bertz CT molecular complexity index is 644. The van der Waals surface area contributed by atoms with Gasteiger partial charge < -0.3 is 5.32 Å². The van der Waals surface area contributed by atoms with Crippen molar-refractivity contribution < 1.29 is 4.92 Å². The number of nitro groups is 1. The second kappa shape index (κ2) is 6.05. The van der Waals surface area contributed by atoms with E-state index in [9.17, 15) is 10.1 Å². The molecule has 0 fully saturated rings. The number of hydrogen-bond donors (Lipinski definition) is 1. The molecule has 5 heteroatoms. The van der Waals surface area contributed by atoms with Crippen LogP contribution in [0.3, 0.4) is 0 Å². The van der Waals surface area contributed by atoms with Gasteiger partial charge in [-0.05, 0) is 43.2 Å². The normalized spacial score (nSPS) is 11.9. The lowest BCUT2D eigenvalue weighted by Gasteiger charge is -2.17. The van der Waals surface area contributed by atoms with Crippen molar-refractivity contribution in [3.63, 3.8) is 0 Å². The van der Waals surface area contributed by atoms with E-state index in [4.69, 9.17) is 0 Å². The van der Waals surface area contributed by atoms with E-state index in [-0.39, 0.29) is 16.7 Å². The molecule has 0 aliphatic carbocycles. The van der Waals surface area contributed by atoms with Crippen LogP contribution in [0.5, 0.6) is 0 Å². The summed E-state index contributed by atoms with van der Waals surface area (Å²) in [5.41, 5.74) is 3.03. The van der Waals surface area contributed by atoms with Crippen LogP contribution in [0.25, 0.3) is 0 Å². The third kappa shape index (κ3) is 3.36. The van der Waals surface area contributed by atoms with Crippen LogP contribution in [0.15, 0.2) is 46.9 Å². The summed E-state index contributed by atoms with van der Waals surface area (Å²) in [6, 6.07) is 13.0. The van der Waals surface area contributed by atoms with Crippen molar-refractivity contribution in [1.29, 1.82) is 0 Å². The van der Waals surface area contributed by atoms with Crippen molar-refractivity contribution >= 4 is 27.3 Å². The molecule has 0 saturated carbocycles. The maximum absolute atomic E-state index is 10.7. The second-order valence-corrected chi connectivity index (χ2v) is 5.59. The summed E-state index contributed by atoms with van der Waals surface area (Å²) in [4.78, 5) is 10.3. The van der Waals surface area contributed by atoms with Crippen LogP contribution in [0.1, 0.15) is 24.1 Å². The van der Waals surface area contributed by atoms with Gasteiger partial charge in [0.1, 0.15) is 0 Å². The van der Waals surface area contributed by atoms with E-state index in [0.29, 0.717) is 0 Å². The highest BCUT2D eigenvalue weighted by atomic mass is 79.9. The van der Waals surface area contributed by atoms with Crippen LogP contribution >= 0.6 is 15.9 Å². The Labute approximate surface area is 126 Å². The minimum atomic E-state index is -0.380. The van der Waals surface area contributed by atoms with Gasteiger partial charge in [0.15, 0.2) is 0 Å². The van der Waals surface area contributed by atoms with Crippen molar-refractivity contribution in [2.45, 2.75) is 19.9 Å². The molecule has 104 valence electrons. The van der Waals surface area contributed by atoms with Gasteiger partial charge in [0, 0.05) is 28.3 Å². The van der Waals surface area contributed by atoms with Crippen molar-refractivity contribution in [2.24, 2.45) is 0 Å². The molecule has 1 N–H and O–H groups in total. The Morgan fingerprint density at radius 3 is 2.60 bits per heavy atom. The predicted molar refractivity (Wildman–Crippen MR) is 84.0 cm³/mol.